The first kappa shape index (κ1) is 22.0. The number of morpholine rings is 1. The molecule has 11 nitrogen and oxygen atoms in total. The number of anilines is 5. The summed E-state index contributed by atoms with van der Waals surface area (Å²) in [6.07, 6.45) is 3.48. The smallest absolute Gasteiger partial charge is 0.246 e. The minimum absolute atomic E-state index is 0.0489. The molecule has 0 spiro atoms. The monoisotopic (exact) mass is 458 g/mol. The normalized spacial score (nSPS) is 14.6. The lowest BCUT2D eigenvalue weighted by molar-refractivity contribution is 0.122. The zero-order valence-electron chi connectivity index (χ0n) is 17.9. The molecular formula is C20H26N8O3S. The number of hydrogen-bond acceptors (Lipinski definition) is 9. The van der Waals surface area contributed by atoms with Crippen LogP contribution < -0.4 is 20.7 Å². The van der Waals surface area contributed by atoms with E-state index in [1.165, 1.54) is 12.1 Å². The standard InChI is InChI=1S/C20H26N8O3S/c1-14(2)28-13-23-20(26-28)25-17-11-19(22-12-18(17)27-7-9-31-10-8-27)24-15-3-5-16(6-4-15)32(21,29)30/h3-6,11-14H,7-10H2,1-2H3,(H2,21,29,30)(H2,22,24,25,26). The summed E-state index contributed by atoms with van der Waals surface area (Å²) >= 11 is 0. The molecule has 0 atom stereocenters. The minimum Gasteiger partial charge on any atom is -0.378 e. The zero-order chi connectivity index (χ0) is 22.7. The molecule has 0 aliphatic carbocycles. The Kier molecular flexibility index (Phi) is 6.26. The van der Waals surface area contributed by atoms with Gasteiger partial charge in [-0.15, -0.1) is 5.10 Å². The van der Waals surface area contributed by atoms with Gasteiger partial charge in [0.2, 0.25) is 16.0 Å². The Labute approximate surface area is 186 Å². The van der Waals surface area contributed by atoms with Crippen LogP contribution in [0.25, 0.3) is 0 Å². The van der Waals surface area contributed by atoms with Crippen molar-refractivity contribution in [2.45, 2.75) is 24.8 Å². The Morgan fingerprint density at radius 1 is 1.09 bits per heavy atom. The predicted octanol–water partition coefficient (Wildman–Crippen LogP) is 2.23. The van der Waals surface area contributed by atoms with Crippen molar-refractivity contribution < 1.29 is 13.2 Å². The maximum Gasteiger partial charge on any atom is 0.246 e. The molecule has 1 aliphatic rings. The lowest BCUT2D eigenvalue weighted by Gasteiger charge is -2.30. The van der Waals surface area contributed by atoms with Gasteiger partial charge in [0.1, 0.15) is 12.1 Å². The summed E-state index contributed by atoms with van der Waals surface area (Å²) in [4.78, 5) is 11.1. The van der Waals surface area contributed by atoms with Crippen LogP contribution in [0.2, 0.25) is 0 Å². The summed E-state index contributed by atoms with van der Waals surface area (Å²) in [6.45, 7) is 6.88. The highest BCUT2D eigenvalue weighted by Crippen LogP contribution is 2.31. The molecule has 4 rings (SSSR count). The fourth-order valence-corrected chi connectivity index (χ4v) is 3.77. The maximum atomic E-state index is 11.5. The van der Waals surface area contributed by atoms with Crippen LogP contribution in [0, 0.1) is 0 Å². The van der Waals surface area contributed by atoms with Crippen molar-refractivity contribution in [3.63, 3.8) is 0 Å². The summed E-state index contributed by atoms with van der Waals surface area (Å²) in [6, 6.07) is 8.23. The molecule has 1 saturated heterocycles. The first-order chi connectivity index (χ1) is 15.3. The summed E-state index contributed by atoms with van der Waals surface area (Å²) < 4.78 is 30.2. The average Bonchev–Trinajstić information content (AvgIpc) is 3.23. The van der Waals surface area contributed by atoms with Gasteiger partial charge in [0.15, 0.2) is 0 Å². The van der Waals surface area contributed by atoms with E-state index in [0.717, 1.165) is 24.5 Å². The second-order valence-corrected chi connectivity index (χ2v) is 9.21. The van der Waals surface area contributed by atoms with Crippen LogP contribution in [-0.2, 0) is 14.8 Å². The molecule has 1 aliphatic heterocycles. The third-order valence-corrected chi connectivity index (χ3v) is 5.90. The van der Waals surface area contributed by atoms with Gasteiger partial charge in [-0.2, -0.15) is 0 Å². The van der Waals surface area contributed by atoms with Gasteiger partial charge < -0.3 is 20.3 Å². The zero-order valence-corrected chi connectivity index (χ0v) is 18.7. The Bertz CT molecular complexity index is 1170. The van der Waals surface area contributed by atoms with Crippen LogP contribution in [0.4, 0.5) is 28.8 Å². The average molecular weight is 459 g/mol. The van der Waals surface area contributed by atoms with Crippen molar-refractivity contribution in [1.29, 1.82) is 0 Å². The topological polar surface area (TPSA) is 140 Å². The fourth-order valence-electron chi connectivity index (χ4n) is 3.25. The van der Waals surface area contributed by atoms with E-state index in [2.05, 4.69) is 30.6 Å². The molecule has 0 bridgehead atoms. The largest absolute Gasteiger partial charge is 0.378 e. The summed E-state index contributed by atoms with van der Waals surface area (Å²) in [5.41, 5.74) is 2.40. The van der Waals surface area contributed by atoms with E-state index in [4.69, 9.17) is 9.88 Å². The molecule has 2 aromatic heterocycles. The van der Waals surface area contributed by atoms with Gasteiger partial charge in [-0.25, -0.2) is 28.2 Å². The van der Waals surface area contributed by atoms with Crippen LogP contribution >= 0.6 is 0 Å². The summed E-state index contributed by atoms with van der Waals surface area (Å²) in [7, 11) is -3.74. The molecule has 12 heteroatoms. The van der Waals surface area contributed by atoms with E-state index in [-0.39, 0.29) is 10.9 Å². The molecule has 4 N–H and O–H groups in total. The molecule has 32 heavy (non-hydrogen) atoms. The van der Waals surface area contributed by atoms with E-state index in [1.54, 1.807) is 29.3 Å². The van der Waals surface area contributed by atoms with Crippen molar-refractivity contribution in [3.05, 3.63) is 42.9 Å². The van der Waals surface area contributed by atoms with Gasteiger partial charge in [-0.05, 0) is 38.1 Å². The Morgan fingerprint density at radius 2 is 1.81 bits per heavy atom. The van der Waals surface area contributed by atoms with E-state index in [1.807, 2.05) is 19.9 Å². The van der Waals surface area contributed by atoms with Gasteiger partial charge >= 0.3 is 0 Å². The third kappa shape index (κ3) is 5.15. The number of hydrogen-bond donors (Lipinski definition) is 3. The number of benzene rings is 1. The number of aromatic nitrogens is 4. The molecule has 0 radical (unpaired) electrons. The number of nitrogens with zero attached hydrogens (tertiary/aromatic N) is 5. The fraction of sp³-hybridized carbons (Fsp3) is 0.350. The number of ether oxygens (including phenoxy) is 1. The quantitative estimate of drug-likeness (QED) is 0.486. The lowest BCUT2D eigenvalue weighted by atomic mass is 10.2. The van der Waals surface area contributed by atoms with Gasteiger partial charge in [0.05, 0.1) is 35.7 Å². The van der Waals surface area contributed by atoms with Gasteiger partial charge in [0.25, 0.3) is 0 Å². The SMILES string of the molecule is CC(C)n1cnc(Nc2cc(Nc3ccc(S(N)(=O)=O)cc3)ncc2N2CCOCC2)n1. The van der Waals surface area contributed by atoms with E-state index in [0.29, 0.717) is 30.7 Å². The summed E-state index contributed by atoms with van der Waals surface area (Å²) in [5.74, 6) is 1.07. The van der Waals surface area contributed by atoms with Crippen LogP contribution in [0.5, 0.6) is 0 Å². The molecule has 0 unspecified atom stereocenters. The van der Waals surface area contributed by atoms with Crippen LogP contribution in [0.3, 0.4) is 0 Å². The molecule has 3 heterocycles. The summed E-state index contributed by atoms with van der Waals surface area (Å²) in [5, 5.41) is 16.1. The first-order valence-corrected chi connectivity index (χ1v) is 11.7. The van der Waals surface area contributed by atoms with Gasteiger partial charge in [-0.1, -0.05) is 0 Å². The first-order valence-electron chi connectivity index (χ1n) is 10.2. The Balaban J connectivity index is 1.61. The number of nitrogens with two attached hydrogens (primary N) is 1. The molecule has 170 valence electrons. The number of sulfonamides is 1. The van der Waals surface area contributed by atoms with Crippen LogP contribution in [-0.4, -0.2) is 54.5 Å². The highest BCUT2D eigenvalue weighted by atomic mass is 32.2. The highest BCUT2D eigenvalue weighted by Gasteiger charge is 2.18. The van der Waals surface area contributed by atoms with Gasteiger partial charge in [-0.3, -0.25) is 0 Å². The molecule has 0 saturated carbocycles. The van der Waals surface area contributed by atoms with Crippen molar-refractivity contribution in [2.75, 3.05) is 41.8 Å². The van der Waals surface area contributed by atoms with Crippen molar-refractivity contribution in [2.24, 2.45) is 5.14 Å². The van der Waals surface area contributed by atoms with Gasteiger partial charge in [0, 0.05) is 30.9 Å². The Hall–Kier alpha value is -3.22. The molecule has 1 aromatic carbocycles. The highest BCUT2D eigenvalue weighted by molar-refractivity contribution is 7.89. The van der Waals surface area contributed by atoms with Crippen molar-refractivity contribution >= 4 is 38.9 Å². The maximum absolute atomic E-state index is 11.5. The lowest BCUT2D eigenvalue weighted by Crippen LogP contribution is -2.36. The molecule has 1 fully saturated rings. The number of primary sulfonamides is 1. The molecule has 0 amide bonds. The minimum atomic E-state index is -3.74. The van der Waals surface area contributed by atoms with Crippen LogP contribution in [0.15, 0.2) is 47.8 Å². The number of rotatable bonds is 7. The second kappa shape index (κ2) is 9.10. The molecular weight excluding hydrogens is 432 g/mol. The van der Waals surface area contributed by atoms with E-state index >= 15 is 0 Å². The van der Waals surface area contributed by atoms with Crippen LogP contribution in [0.1, 0.15) is 19.9 Å². The number of nitrogens with one attached hydrogen (secondary N) is 2. The Morgan fingerprint density at radius 3 is 2.44 bits per heavy atom. The van der Waals surface area contributed by atoms with E-state index in [9.17, 15) is 8.42 Å². The third-order valence-electron chi connectivity index (χ3n) is 4.97. The predicted molar refractivity (Wildman–Crippen MR) is 122 cm³/mol. The van der Waals surface area contributed by atoms with E-state index < -0.39 is 10.0 Å². The van der Waals surface area contributed by atoms with Crippen molar-refractivity contribution in [3.8, 4) is 0 Å². The molecule has 3 aromatic rings. The van der Waals surface area contributed by atoms with Crippen molar-refractivity contribution in [1.82, 2.24) is 19.7 Å². The number of pyridine rings is 1. The second-order valence-electron chi connectivity index (χ2n) is 7.65.